The van der Waals surface area contributed by atoms with E-state index in [0.717, 1.165) is 16.6 Å². The fourth-order valence-electron chi connectivity index (χ4n) is 4.04. The van der Waals surface area contributed by atoms with Crippen molar-refractivity contribution < 1.29 is 9.32 Å². The number of aromatic nitrogens is 4. The number of fused-ring (bicyclic) bond motifs is 1. The molecule has 3 heterocycles. The fourth-order valence-corrected chi connectivity index (χ4v) is 4.04. The molecule has 1 aromatic carbocycles. The first-order chi connectivity index (χ1) is 16.1. The maximum atomic E-state index is 12.9. The Hall–Kier alpha value is -3.99. The molecule has 174 valence electrons. The van der Waals surface area contributed by atoms with E-state index in [-0.39, 0.29) is 29.0 Å². The Balaban J connectivity index is 1.67. The first kappa shape index (κ1) is 23.2. The third-order valence-electron chi connectivity index (χ3n) is 5.82. The van der Waals surface area contributed by atoms with Gasteiger partial charge in [-0.15, -0.1) is 0 Å². The van der Waals surface area contributed by atoms with Crippen LogP contribution in [0.5, 0.6) is 0 Å². The van der Waals surface area contributed by atoms with E-state index < -0.39 is 0 Å². The number of benzene rings is 1. The maximum Gasteiger partial charge on any atom is 0.330 e. The van der Waals surface area contributed by atoms with Crippen LogP contribution in [0, 0.1) is 23.7 Å². The number of hydrogen-bond acceptors (Lipinski definition) is 6. The summed E-state index contributed by atoms with van der Waals surface area (Å²) >= 11 is 0. The van der Waals surface area contributed by atoms with Crippen molar-refractivity contribution in [3.8, 4) is 17.3 Å². The summed E-state index contributed by atoms with van der Waals surface area (Å²) in [6, 6.07) is 11.3. The fraction of sp³-hybridized carbons (Fsp3) is 0.346. The molecule has 34 heavy (non-hydrogen) atoms. The number of hydrogen-bond donors (Lipinski definition) is 0. The standard InChI is InChI=1S/C26H27N5O3/c1-16-6-7-17(23(32)11-8-18-14-34-29-21(18)13-27)12-19(16)20-9-10-22-24(28-20)30(5)25(33)31(22)15-26(2,3)4/h6-7,9-10,12,14H,8,11,15H2,1-5H3. The molecule has 0 atom stereocenters. The Morgan fingerprint density at radius 1 is 1.21 bits per heavy atom. The second kappa shape index (κ2) is 8.75. The number of carbonyl (C=O) groups excluding carboxylic acids is 1. The van der Waals surface area contributed by atoms with Gasteiger partial charge in [-0.3, -0.25) is 13.9 Å². The number of nitriles is 1. The van der Waals surface area contributed by atoms with Gasteiger partial charge in [-0.2, -0.15) is 5.26 Å². The van der Waals surface area contributed by atoms with Crippen molar-refractivity contribution in [3.05, 3.63) is 69.5 Å². The molecular weight excluding hydrogens is 430 g/mol. The molecule has 0 amide bonds. The third kappa shape index (κ3) is 4.42. The van der Waals surface area contributed by atoms with Gasteiger partial charge in [0.2, 0.25) is 0 Å². The van der Waals surface area contributed by atoms with Crippen molar-refractivity contribution in [1.29, 1.82) is 5.26 Å². The Morgan fingerprint density at radius 2 is 1.97 bits per heavy atom. The van der Waals surface area contributed by atoms with Gasteiger partial charge in [-0.05, 0) is 42.5 Å². The second-order valence-corrected chi connectivity index (χ2v) is 9.78. The highest BCUT2D eigenvalue weighted by atomic mass is 16.5. The summed E-state index contributed by atoms with van der Waals surface area (Å²) in [7, 11) is 1.73. The van der Waals surface area contributed by atoms with E-state index in [1.165, 1.54) is 6.26 Å². The van der Waals surface area contributed by atoms with Gasteiger partial charge in [-0.25, -0.2) is 9.78 Å². The van der Waals surface area contributed by atoms with Crippen LogP contribution in [0.1, 0.15) is 54.4 Å². The molecule has 0 radical (unpaired) electrons. The molecule has 0 unspecified atom stereocenters. The van der Waals surface area contributed by atoms with Crippen molar-refractivity contribution in [3.63, 3.8) is 0 Å². The number of aryl methyl sites for hydroxylation is 3. The summed E-state index contributed by atoms with van der Waals surface area (Å²) in [4.78, 5) is 30.5. The van der Waals surface area contributed by atoms with E-state index in [1.54, 1.807) is 22.2 Å². The van der Waals surface area contributed by atoms with E-state index >= 15 is 0 Å². The minimum atomic E-state index is -0.0966. The van der Waals surface area contributed by atoms with Gasteiger partial charge in [0.1, 0.15) is 12.3 Å². The third-order valence-corrected chi connectivity index (χ3v) is 5.82. The topological polar surface area (TPSA) is 107 Å². The lowest BCUT2D eigenvalue weighted by atomic mass is 9.96. The smallest absolute Gasteiger partial charge is 0.330 e. The molecule has 0 aliphatic rings. The molecule has 4 rings (SSSR count). The zero-order chi connectivity index (χ0) is 24.6. The van der Waals surface area contributed by atoms with Crippen LogP contribution < -0.4 is 5.69 Å². The molecule has 3 aromatic heterocycles. The summed E-state index contributed by atoms with van der Waals surface area (Å²) in [6.07, 6.45) is 2.01. The summed E-state index contributed by atoms with van der Waals surface area (Å²) < 4.78 is 8.16. The van der Waals surface area contributed by atoms with Crippen LogP contribution in [-0.2, 0) is 20.0 Å². The average molecular weight is 458 g/mol. The lowest BCUT2D eigenvalue weighted by molar-refractivity contribution is 0.0983. The number of carbonyl (C=O) groups is 1. The summed E-state index contributed by atoms with van der Waals surface area (Å²) in [5, 5.41) is 12.7. The molecule has 0 saturated carbocycles. The first-order valence-electron chi connectivity index (χ1n) is 11.1. The summed E-state index contributed by atoms with van der Waals surface area (Å²) in [5.41, 5.74) is 5.17. The molecule has 0 spiro atoms. The van der Waals surface area contributed by atoms with Gasteiger partial charge in [-0.1, -0.05) is 38.1 Å². The predicted molar refractivity (Wildman–Crippen MR) is 128 cm³/mol. The molecule has 0 saturated heterocycles. The monoisotopic (exact) mass is 457 g/mol. The largest absolute Gasteiger partial charge is 0.363 e. The second-order valence-electron chi connectivity index (χ2n) is 9.78. The molecule has 8 heteroatoms. The Labute approximate surface area is 197 Å². The van der Waals surface area contributed by atoms with Gasteiger partial charge in [0.05, 0.1) is 11.2 Å². The molecule has 0 bridgehead atoms. The molecule has 0 aliphatic carbocycles. The first-order valence-corrected chi connectivity index (χ1v) is 11.1. The Bertz CT molecular complexity index is 1490. The zero-order valence-electron chi connectivity index (χ0n) is 20.0. The maximum absolute atomic E-state index is 12.9. The van der Waals surface area contributed by atoms with Gasteiger partial charge < -0.3 is 4.52 Å². The Kier molecular flexibility index (Phi) is 5.96. The summed E-state index contributed by atoms with van der Waals surface area (Å²) in [6.45, 7) is 8.84. The van der Waals surface area contributed by atoms with Gasteiger partial charge in [0.15, 0.2) is 17.1 Å². The number of pyridine rings is 1. The SMILES string of the molecule is Cc1ccc(C(=O)CCc2conc2C#N)cc1-c1ccc2c(n1)n(C)c(=O)n2CC(C)(C)C. The molecule has 0 N–H and O–H groups in total. The highest BCUT2D eigenvalue weighted by Crippen LogP contribution is 2.27. The van der Waals surface area contributed by atoms with Crippen molar-refractivity contribution >= 4 is 16.9 Å². The van der Waals surface area contributed by atoms with E-state index in [4.69, 9.17) is 14.8 Å². The number of imidazole rings is 1. The highest BCUT2D eigenvalue weighted by molar-refractivity contribution is 5.97. The van der Waals surface area contributed by atoms with Gasteiger partial charge >= 0.3 is 5.69 Å². The van der Waals surface area contributed by atoms with Crippen molar-refractivity contribution in [2.45, 2.75) is 47.1 Å². The van der Waals surface area contributed by atoms with E-state index in [1.807, 2.05) is 37.3 Å². The molecular formula is C26H27N5O3. The minimum Gasteiger partial charge on any atom is -0.363 e. The van der Waals surface area contributed by atoms with Crippen LogP contribution >= 0.6 is 0 Å². The summed E-state index contributed by atoms with van der Waals surface area (Å²) in [5.74, 6) is -0.0452. The van der Waals surface area contributed by atoms with Crippen molar-refractivity contribution in [1.82, 2.24) is 19.3 Å². The van der Waals surface area contributed by atoms with E-state index in [9.17, 15) is 9.59 Å². The van der Waals surface area contributed by atoms with E-state index in [0.29, 0.717) is 35.4 Å². The number of nitrogens with zero attached hydrogens (tertiary/aromatic N) is 5. The lowest BCUT2D eigenvalue weighted by Gasteiger charge is -2.18. The average Bonchev–Trinajstić information content (AvgIpc) is 3.35. The molecule has 0 fully saturated rings. The normalized spacial score (nSPS) is 11.6. The van der Waals surface area contributed by atoms with Crippen LogP contribution in [0.15, 0.2) is 45.9 Å². The predicted octanol–water partition coefficient (Wildman–Crippen LogP) is 4.43. The highest BCUT2D eigenvalue weighted by Gasteiger charge is 2.19. The zero-order valence-corrected chi connectivity index (χ0v) is 20.0. The molecule has 0 aliphatic heterocycles. The van der Waals surface area contributed by atoms with Gasteiger partial charge in [0.25, 0.3) is 0 Å². The Morgan fingerprint density at radius 3 is 2.68 bits per heavy atom. The molecule has 8 nitrogen and oxygen atoms in total. The minimum absolute atomic E-state index is 0.0452. The number of rotatable bonds is 6. The van der Waals surface area contributed by atoms with E-state index in [2.05, 4.69) is 25.9 Å². The van der Waals surface area contributed by atoms with Crippen LogP contribution in [0.4, 0.5) is 0 Å². The van der Waals surface area contributed by atoms with Crippen LogP contribution in [0.25, 0.3) is 22.4 Å². The number of ketones is 1. The van der Waals surface area contributed by atoms with Crippen LogP contribution in [-0.4, -0.2) is 25.1 Å². The van der Waals surface area contributed by atoms with Crippen LogP contribution in [0.2, 0.25) is 0 Å². The quantitative estimate of drug-likeness (QED) is 0.397. The lowest BCUT2D eigenvalue weighted by Crippen LogP contribution is -2.27. The number of Topliss-reactive ketones (excluding diaryl/α,β-unsaturated/α-hetero) is 1. The van der Waals surface area contributed by atoms with Crippen molar-refractivity contribution in [2.24, 2.45) is 12.5 Å². The van der Waals surface area contributed by atoms with Crippen molar-refractivity contribution in [2.75, 3.05) is 0 Å². The van der Waals surface area contributed by atoms with Gasteiger partial charge in [0, 0.05) is 36.7 Å². The molecule has 4 aromatic rings. The van der Waals surface area contributed by atoms with Crippen LogP contribution in [0.3, 0.4) is 0 Å².